The van der Waals surface area contributed by atoms with E-state index >= 15 is 0 Å². The standard InChI is InChI=1S/C7H13NO/c1-4-6-8(9-3)7-5-2/h4-5H,1-2,6-7H2,3H3. The van der Waals surface area contributed by atoms with E-state index < -0.39 is 0 Å². The summed E-state index contributed by atoms with van der Waals surface area (Å²) in [5.74, 6) is 0. The highest BCUT2D eigenvalue weighted by molar-refractivity contribution is 4.75. The molecule has 0 aliphatic rings. The average molecular weight is 127 g/mol. The second-order valence-corrected chi connectivity index (χ2v) is 1.61. The monoisotopic (exact) mass is 127 g/mol. The first-order valence-corrected chi connectivity index (χ1v) is 2.86. The lowest BCUT2D eigenvalue weighted by Gasteiger charge is -2.14. The molecule has 0 aliphatic carbocycles. The molecule has 0 radical (unpaired) electrons. The largest absolute Gasteiger partial charge is 0.302 e. The van der Waals surface area contributed by atoms with E-state index in [9.17, 15) is 0 Å². The Morgan fingerprint density at radius 3 is 2.00 bits per heavy atom. The number of hydrogen-bond acceptors (Lipinski definition) is 2. The van der Waals surface area contributed by atoms with E-state index in [0.29, 0.717) is 0 Å². The number of nitrogens with zero attached hydrogens (tertiary/aromatic N) is 1. The Morgan fingerprint density at radius 1 is 1.33 bits per heavy atom. The Bertz CT molecular complexity index is 80.9. The van der Waals surface area contributed by atoms with Crippen molar-refractivity contribution in [2.45, 2.75) is 0 Å². The fraction of sp³-hybridized carbons (Fsp3) is 0.429. The summed E-state index contributed by atoms with van der Waals surface area (Å²) >= 11 is 0. The van der Waals surface area contributed by atoms with E-state index in [-0.39, 0.29) is 0 Å². The number of hydrogen-bond donors (Lipinski definition) is 0. The first-order valence-electron chi connectivity index (χ1n) is 2.86. The van der Waals surface area contributed by atoms with Gasteiger partial charge >= 0.3 is 0 Å². The normalized spacial score (nSPS) is 9.56. The molecule has 0 fully saturated rings. The summed E-state index contributed by atoms with van der Waals surface area (Å²) in [6.07, 6.45) is 3.57. The van der Waals surface area contributed by atoms with Gasteiger partial charge in [-0.15, -0.1) is 13.2 Å². The van der Waals surface area contributed by atoms with E-state index in [1.165, 1.54) is 0 Å². The summed E-state index contributed by atoms with van der Waals surface area (Å²) in [5.41, 5.74) is 0. The van der Waals surface area contributed by atoms with Crippen molar-refractivity contribution in [2.24, 2.45) is 0 Å². The molecule has 0 atom stereocenters. The van der Waals surface area contributed by atoms with Crippen LogP contribution >= 0.6 is 0 Å². The molecule has 0 aromatic heterocycles. The Kier molecular flexibility index (Phi) is 5.17. The first-order chi connectivity index (χ1) is 4.35. The van der Waals surface area contributed by atoms with Gasteiger partial charge in [-0.05, 0) is 0 Å². The highest BCUT2D eigenvalue weighted by atomic mass is 16.7. The summed E-state index contributed by atoms with van der Waals surface area (Å²) in [6, 6.07) is 0. The van der Waals surface area contributed by atoms with Crippen molar-refractivity contribution >= 4 is 0 Å². The van der Waals surface area contributed by atoms with Gasteiger partial charge in [-0.1, -0.05) is 12.2 Å². The van der Waals surface area contributed by atoms with Crippen LogP contribution in [0, 0.1) is 0 Å². The minimum atomic E-state index is 0.739. The summed E-state index contributed by atoms with van der Waals surface area (Å²) in [5, 5.41) is 1.75. The van der Waals surface area contributed by atoms with Crippen LogP contribution in [0.3, 0.4) is 0 Å². The van der Waals surface area contributed by atoms with Gasteiger partial charge in [0.2, 0.25) is 0 Å². The minimum absolute atomic E-state index is 0.739. The summed E-state index contributed by atoms with van der Waals surface area (Å²) in [7, 11) is 1.63. The van der Waals surface area contributed by atoms with Gasteiger partial charge in [0.05, 0.1) is 7.11 Å². The van der Waals surface area contributed by atoms with Crippen LogP contribution in [0.5, 0.6) is 0 Å². The molecule has 52 valence electrons. The van der Waals surface area contributed by atoms with Gasteiger partial charge in [0.1, 0.15) is 0 Å². The maximum atomic E-state index is 4.92. The van der Waals surface area contributed by atoms with Crippen LogP contribution in [-0.4, -0.2) is 25.3 Å². The predicted octanol–water partition coefficient (Wildman–Crippen LogP) is 1.22. The summed E-state index contributed by atoms with van der Waals surface area (Å²) < 4.78 is 0. The van der Waals surface area contributed by atoms with E-state index in [4.69, 9.17) is 4.84 Å². The predicted molar refractivity (Wildman–Crippen MR) is 39.0 cm³/mol. The van der Waals surface area contributed by atoms with E-state index in [0.717, 1.165) is 13.1 Å². The lowest BCUT2D eigenvalue weighted by molar-refractivity contribution is -0.113. The molecule has 2 nitrogen and oxygen atoms in total. The Morgan fingerprint density at radius 2 is 1.78 bits per heavy atom. The van der Waals surface area contributed by atoms with Gasteiger partial charge in [0.15, 0.2) is 0 Å². The van der Waals surface area contributed by atoms with Crippen LogP contribution in [0.4, 0.5) is 0 Å². The second kappa shape index (κ2) is 5.54. The fourth-order valence-corrected chi connectivity index (χ4v) is 0.512. The topological polar surface area (TPSA) is 12.5 Å². The number of rotatable bonds is 5. The third kappa shape index (κ3) is 3.94. The van der Waals surface area contributed by atoms with E-state index in [1.54, 1.807) is 24.3 Å². The molecule has 9 heavy (non-hydrogen) atoms. The maximum Gasteiger partial charge on any atom is 0.0575 e. The third-order valence-electron chi connectivity index (χ3n) is 0.924. The Balaban J connectivity index is 3.39. The highest BCUT2D eigenvalue weighted by Gasteiger charge is 1.93. The second-order valence-electron chi connectivity index (χ2n) is 1.61. The number of hydroxylamine groups is 2. The molecule has 0 aromatic carbocycles. The molecule has 0 spiro atoms. The van der Waals surface area contributed by atoms with Crippen LogP contribution in [-0.2, 0) is 4.84 Å². The van der Waals surface area contributed by atoms with Crippen LogP contribution < -0.4 is 0 Å². The van der Waals surface area contributed by atoms with Gasteiger partial charge < -0.3 is 4.84 Å². The van der Waals surface area contributed by atoms with Gasteiger partial charge in [0, 0.05) is 13.1 Å². The van der Waals surface area contributed by atoms with Crippen molar-refractivity contribution in [1.29, 1.82) is 0 Å². The quantitative estimate of drug-likeness (QED) is 0.406. The lowest BCUT2D eigenvalue weighted by Crippen LogP contribution is -2.21. The van der Waals surface area contributed by atoms with Crippen LogP contribution in [0.25, 0.3) is 0 Å². The molecule has 0 N–H and O–H groups in total. The fourth-order valence-electron chi connectivity index (χ4n) is 0.512. The van der Waals surface area contributed by atoms with Crippen molar-refractivity contribution in [1.82, 2.24) is 5.06 Å². The van der Waals surface area contributed by atoms with E-state index in [2.05, 4.69) is 13.2 Å². The molecule has 0 unspecified atom stereocenters. The van der Waals surface area contributed by atoms with Gasteiger partial charge in [-0.3, -0.25) is 0 Å². The van der Waals surface area contributed by atoms with Crippen molar-refractivity contribution in [3.63, 3.8) is 0 Å². The zero-order chi connectivity index (χ0) is 7.11. The molecule has 0 heterocycles. The van der Waals surface area contributed by atoms with Crippen molar-refractivity contribution in [3.8, 4) is 0 Å². The van der Waals surface area contributed by atoms with Crippen LogP contribution in [0.15, 0.2) is 25.3 Å². The summed E-state index contributed by atoms with van der Waals surface area (Å²) in [4.78, 5) is 4.92. The molecule has 0 bridgehead atoms. The summed E-state index contributed by atoms with van der Waals surface area (Å²) in [6.45, 7) is 8.63. The van der Waals surface area contributed by atoms with Crippen molar-refractivity contribution in [2.75, 3.05) is 20.2 Å². The van der Waals surface area contributed by atoms with Crippen LogP contribution in [0.1, 0.15) is 0 Å². The highest BCUT2D eigenvalue weighted by Crippen LogP contribution is 1.86. The molecule has 0 rings (SSSR count). The van der Waals surface area contributed by atoms with Crippen LogP contribution in [0.2, 0.25) is 0 Å². The Labute approximate surface area is 56.4 Å². The smallest absolute Gasteiger partial charge is 0.0575 e. The van der Waals surface area contributed by atoms with Gasteiger partial charge in [0.25, 0.3) is 0 Å². The lowest BCUT2D eigenvalue weighted by atomic mass is 10.5. The van der Waals surface area contributed by atoms with Crippen molar-refractivity contribution < 1.29 is 4.84 Å². The molecular weight excluding hydrogens is 114 g/mol. The zero-order valence-corrected chi connectivity index (χ0v) is 5.84. The maximum absolute atomic E-state index is 4.92. The van der Waals surface area contributed by atoms with E-state index in [1.807, 2.05) is 0 Å². The molecule has 0 amide bonds. The molecular formula is C7H13NO. The first kappa shape index (κ1) is 8.40. The van der Waals surface area contributed by atoms with Gasteiger partial charge in [-0.2, -0.15) is 5.06 Å². The minimum Gasteiger partial charge on any atom is -0.302 e. The third-order valence-corrected chi connectivity index (χ3v) is 0.924. The Hall–Kier alpha value is -0.600. The average Bonchev–Trinajstić information content (AvgIpc) is 1.88. The SMILES string of the molecule is C=CCN(CC=C)OC. The molecule has 0 aromatic rings. The molecule has 2 heteroatoms. The molecule has 0 saturated carbocycles. The zero-order valence-electron chi connectivity index (χ0n) is 5.84. The van der Waals surface area contributed by atoms with Gasteiger partial charge in [-0.25, -0.2) is 0 Å². The molecule has 0 saturated heterocycles. The molecule has 0 aliphatic heterocycles. The van der Waals surface area contributed by atoms with Crippen molar-refractivity contribution in [3.05, 3.63) is 25.3 Å².